The lowest BCUT2D eigenvalue weighted by Crippen LogP contribution is -2.43. The quantitative estimate of drug-likeness (QED) is 0.656. The number of carbonyl (C=O) groups is 1. The number of aromatic nitrogens is 1. The lowest BCUT2D eigenvalue weighted by atomic mass is 10.0. The Morgan fingerprint density at radius 3 is 2.84 bits per heavy atom. The van der Waals surface area contributed by atoms with E-state index in [4.69, 9.17) is 4.74 Å². The number of hydrogen-bond acceptors (Lipinski definition) is 6. The van der Waals surface area contributed by atoms with Gasteiger partial charge in [-0.1, -0.05) is 12.1 Å². The van der Waals surface area contributed by atoms with Crippen LogP contribution in [0.3, 0.4) is 0 Å². The van der Waals surface area contributed by atoms with Crippen LogP contribution in [0.5, 0.6) is 5.75 Å². The number of nitrogens with zero attached hydrogens (tertiary/aromatic N) is 2. The van der Waals surface area contributed by atoms with Crippen molar-refractivity contribution >= 4 is 17.5 Å². The molecule has 130 valence electrons. The van der Waals surface area contributed by atoms with Gasteiger partial charge in [0.15, 0.2) is 0 Å². The van der Waals surface area contributed by atoms with Gasteiger partial charge in [-0.05, 0) is 30.2 Å². The van der Waals surface area contributed by atoms with Crippen LogP contribution in [0.15, 0.2) is 36.5 Å². The van der Waals surface area contributed by atoms with E-state index in [2.05, 4.69) is 32.7 Å². The van der Waals surface area contributed by atoms with Crippen LogP contribution < -0.4 is 20.3 Å². The molecular weight excluding hydrogens is 316 g/mol. The number of rotatable bonds is 3. The topological polar surface area (TPSA) is 66.5 Å². The summed E-state index contributed by atoms with van der Waals surface area (Å²) in [5, 5.41) is 6.52. The number of anilines is 2. The summed E-state index contributed by atoms with van der Waals surface area (Å²) in [4.78, 5) is 19.0. The number of hydrogen-bond donors (Lipinski definition) is 2. The van der Waals surface area contributed by atoms with Crippen molar-refractivity contribution in [3.05, 3.63) is 47.7 Å². The van der Waals surface area contributed by atoms with Crippen molar-refractivity contribution in [1.82, 2.24) is 10.3 Å². The number of nitrogens with one attached hydrogen (secondary N) is 2. The second-order valence-electron chi connectivity index (χ2n) is 6.57. The highest BCUT2D eigenvalue weighted by Crippen LogP contribution is 2.31. The highest BCUT2D eigenvalue weighted by atomic mass is 16.5. The van der Waals surface area contributed by atoms with Gasteiger partial charge in [0, 0.05) is 50.6 Å². The van der Waals surface area contributed by atoms with Gasteiger partial charge in [-0.2, -0.15) is 0 Å². The second-order valence-corrected chi connectivity index (χ2v) is 6.57. The van der Waals surface area contributed by atoms with E-state index < -0.39 is 6.04 Å². The molecule has 2 N–H and O–H groups in total. The maximum Gasteiger partial charge on any atom is 0.334 e. The van der Waals surface area contributed by atoms with Crippen LogP contribution in [0, 0.1) is 6.92 Å². The summed E-state index contributed by atoms with van der Waals surface area (Å²) in [5.41, 5.74) is 3.24. The third kappa shape index (κ3) is 3.44. The zero-order chi connectivity index (χ0) is 17.2. The fourth-order valence-corrected chi connectivity index (χ4v) is 3.25. The summed E-state index contributed by atoms with van der Waals surface area (Å²) in [7, 11) is 0. The predicted octanol–water partition coefficient (Wildman–Crippen LogP) is 1.74. The van der Waals surface area contributed by atoms with Crippen LogP contribution in [0.4, 0.5) is 11.5 Å². The molecule has 0 spiro atoms. The lowest BCUT2D eigenvalue weighted by Gasteiger charge is -2.31. The molecule has 0 radical (unpaired) electrons. The third-order valence-corrected chi connectivity index (χ3v) is 4.69. The fraction of sp³-hybridized carbons (Fsp3) is 0.368. The summed E-state index contributed by atoms with van der Waals surface area (Å²) in [6.07, 6.45) is 2.38. The molecule has 0 aliphatic carbocycles. The van der Waals surface area contributed by atoms with Gasteiger partial charge in [0.25, 0.3) is 0 Å². The Hall–Kier alpha value is -2.60. The molecule has 2 aliphatic heterocycles. The van der Waals surface area contributed by atoms with Crippen LogP contribution in [0.2, 0.25) is 0 Å². The maximum absolute atomic E-state index is 12.4. The number of esters is 1. The van der Waals surface area contributed by atoms with Gasteiger partial charge in [-0.15, -0.1) is 0 Å². The Morgan fingerprint density at radius 1 is 1.24 bits per heavy atom. The highest BCUT2D eigenvalue weighted by Gasteiger charge is 2.29. The van der Waals surface area contributed by atoms with Gasteiger partial charge in [0.2, 0.25) is 0 Å². The molecule has 0 saturated carbocycles. The van der Waals surface area contributed by atoms with Crippen molar-refractivity contribution in [2.75, 3.05) is 36.4 Å². The fourth-order valence-electron chi connectivity index (χ4n) is 3.25. The minimum absolute atomic E-state index is 0.257. The summed E-state index contributed by atoms with van der Waals surface area (Å²) >= 11 is 0. The first-order valence-corrected chi connectivity index (χ1v) is 8.68. The van der Waals surface area contributed by atoms with Crippen molar-refractivity contribution in [2.24, 2.45) is 0 Å². The van der Waals surface area contributed by atoms with Gasteiger partial charge in [-0.3, -0.25) is 0 Å². The van der Waals surface area contributed by atoms with Gasteiger partial charge >= 0.3 is 5.97 Å². The minimum atomic E-state index is -0.409. The number of pyridine rings is 1. The largest absolute Gasteiger partial charge is 0.425 e. The smallest absolute Gasteiger partial charge is 0.334 e. The van der Waals surface area contributed by atoms with Crippen molar-refractivity contribution in [3.63, 3.8) is 0 Å². The molecule has 1 aromatic carbocycles. The normalized spacial score (nSPS) is 20.0. The third-order valence-electron chi connectivity index (χ3n) is 4.69. The molecule has 0 amide bonds. The number of piperazine rings is 1. The van der Waals surface area contributed by atoms with Gasteiger partial charge < -0.3 is 20.3 Å². The monoisotopic (exact) mass is 338 g/mol. The number of benzene rings is 1. The van der Waals surface area contributed by atoms with E-state index in [1.165, 1.54) is 0 Å². The Morgan fingerprint density at radius 2 is 2.08 bits per heavy atom. The molecule has 1 fully saturated rings. The van der Waals surface area contributed by atoms with E-state index in [0.29, 0.717) is 18.0 Å². The van der Waals surface area contributed by atoms with Crippen LogP contribution >= 0.6 is 0 Å². The summed E-state index contributed by atoms with van der Waals surface area (Å²) in [5.74, 6) is 1.11. The van der Waals surface area contributed by atoms with Crippen molar-refractivity contribution in [3.8, 4) is 5.75 Å². The average Bonchev–Trinajstić information content (AvgIpc) is 2.64. The molecule has 1 unspecified atom stereocenters. The van der Waals surface area contributed by atoms with E-state index in [0.717, 1.165) is 43.0 Å². The number of fused-ring (bicyclic) bond motifs is 1. The van der Waals surface area contributed by atoms with Gasteiger partial charge in [-0.25, -0.2) is 9.78 Å². The van der Waals surface area contributed by atoms with Crippen LogP contribution in [0.1, 0.15) is 11.1 Å². The second kappa shape index (κ2) is 6.72. The number of carbonyl (C=O) groups excluding carboxylic acids is 1. The van der Waals surface area contributed by atoms with E-state index in [9.17, 15) is 4.79 Å². The highest BCUT2D eigenvalue weighted by molar-refractivity contribution is 5.84. The van der Waals surface area contributed by atoms with E-state index in [1.54, 1.807) is 6.20 Å². The SMILES string of the molecule is Cc1ccc(NC2Cc3ccc(N4CCNCC4)cc3OC2=O)nc1. The molecule has 0 bridgehead atoms. The first-order valence-electron chi connectivity index (χ1n) is 8.68. The predicted molar refractivity (Wildman–Crippen MR) is 97.2 cm³/mol. The Bertz CT molecular complexity index is 769. The molecule has 4 rings (SSSR count). The van der Waals surface area contributed by atoms with E-state index >= 15 is 0 Å². The van der Waals surface area contributed by atoms with Gasteiger partial charge in [0.05, 0.1) is 0 Å². The molecule has 3 heterocycles. The molecule has 2 aromatic rings. The van der Waals surface area contributed by atoms with Gasteiger partial charge in [0.1, 0.15) is 17.6 Å². The van der Waals surface area contributed by atoms with Crippen molar-refractivity contribution < 1.29 is 9.53 Å². The van der Waals surface area contributed by atoms with E-state index in [-0.39, 0.29) is 5.97 Å². The summed E-state index contributed by atoms with van der Waals surface area (Å²) in [6, 6.07) is 9.61. The molecule has 1 aromatic heterocycles. The molecule has 6 nitrogen and oxygen atoms in total. The Balaban J connectivity index is 1.50. The van der Waals surface area contributed by atoms with Crippen molar-refractivity contribution in [1.29, 1.82) is 0 Å². The molecular formula is C19H22N4O2. The first-order chi connectivity index (χ1) is 12.2. The first kappa shape index (κ1) is 15.9. The van der Waals surface area contributed by atoms with Crippen molar-refractivity contribution in [2.45, 2.75) is 19.4 Å². The van der Waals surface area contributed by atoms with Crippen LogP contribution in [0.25, 0.3) is 0 Å². The van der Waals surface area contributed by atoms with Crippen LogP contribution in [-0.2, 0) is 11.2 Å². The summed E-state index contributed by atoms with van der Waals surface area (Å²) < 4.78 is 5.60. The standard InChI is InChI=1S/C19H22N4O2/c1-13-2-5-18(21-12-13)22-16-10-14-3-4-15(11-17(14)25-19(16)24)23-8-6-20-7-9-23/h2-5,11-12,16,20H,6-10H2,1H3,(H,21,22). The zero-order valence-corrected chi connectivity index (χ0v) is 14.3. The molecule has 25 heavy (non-hydrogen) atoms. The summed E-state index contributed by atoms with van der Waals surface area (Å²) in [6.45, 7) is 5.88. The number of ether oxygens (including phenoxy) is 1. The molecule has 6 heteroatoms. The maximum atomic E-state index is 12.4. The Labute approximate surface area is 147 Å². The zero-order valence-electron chi connectivity index (χ0n) is 14.3. The average molecular weight is 338 g/mol. The molecule has 1 saturated heterocycles. The Kier molecular flexibility index (Phi) is 4.28. The molecule has 1 atom stereocenters. The minimum Gasteiger partial charge on any atom is -0.425 e. The molecule has 2 aliphatic rings. The van der Waals surface area contributed by atoms with Crippen LogP contribution in [-0.4, -0.2) is 43.2 Å². The van der Waals surface area contributed by atoms with E-state index in [1.807, 2.05) is 25.1 Å². The number of aryl methyl sites for hydroxylation is 1. The lowest BCUT2D eigenvalue weighted by molar-refractivity contribution is -0.136.